The third-order valence-corrected chi connectivity index (χ3v) is 3.74. The van der Waals surface area contributed by atoms with Gasteiger partial charge in [0.1, 0.15) is 5.82 Å². The molecule has 0 bridgehead atoms. The summed E-state index contributed by atoms with van der Waals surface area (Å²) in [6.45, 7) is 3.83. The molecule has 22 heavy (non-hydrogen) atoms. The average molecular weight is 332 g/mol. The lowest BCUT2D eigenvalue weighted by Crippen LogP contribution is -2.39. The van der Waals surface area contributed by atoms with Crippen LogP contribution in [0.3, 0.4) is 0 Å². The fourth-order valence-corrected chi connectivity index (χ4v) is 2.51. The maximum absolute atomic E-state index is 12.4. The highest BCUT2D eigenvalue weighted by Gasteiger charge is 2.30. The van der Waals surface area contributed by atoms with Crippen LogP contribution in [0.15, 0.2) is 18.3 Å². The number of aromatic nitrogens is 1. The topological polar surface area (TPSA) is 40.2 Å². The van der Waals surface area contributed by atoms with Gasteiger partial charge < -0.3 is 15.5 Å². The van der Waals surface area contributed by atoms with Gasteiger partial charge in [-0.15, -0.1) is 0 Å². The second kappa shape index (κ2) is 7.73. The predicted octanol–water partition coefficient (Wildman–Crippen LogP) is 2.87. The average Bonchev–Trinajstić information content (AvgIpc) is 2.48. The molecule has 4 nitrogen and oxygen atoms in total. The van der Waals surface area contributed by atoms with E-state index in [-0.39, 0.29) is 0 Å². The molecule has 2 heterocycles. The van der Waals surface area contributed by atoms with Crippen molar-refractivity contribution < 1.29 is 13.2 Å². The number of halogens is 3. The SMILES string of the molecule is FC(F)(F)c1ccc(NC(=S)NCCN2CCCCC2)nc1. The molecular formula is C14H19F3N4S. The number of hydrogen-bond acceptors (Lipinski definition) is 3. The molecule has 1 aliphatic heterocycles. The molecule has 0 spiro atoms. The van der Waals surface area contributed by atoms with Crippen LogP contribution in [0.4, 0.5) is 19.0 Å². The predicted molar refractivity (Wildman–Crippen MR) is 83.8 cm³/mol. The molecule has 0 radical (unpaired) electrons. The Morgan fingerprint density at radius 2 is 1.95 bits per heavy atom. The largest absolute Gasteiger partial charge is 0.417 e. The van der Waals surface area contributed by atoms with Crippen LogP contribution in [0, 0.1) is 0 Å². The summed E-state index contributed by atoms with van der Waals surface area (Å²) in [4.78, 5) is 6.08. The van der Waals surface area contributed by atoms with E-state index in [0.29, 0.717) is 17.5 Å². The van der Waals surface area contributed by atoms with Gasteiger partial charge in [-0.25, -0.2) is 4.98 Å². The number of hydrogen-bond donors (Lipinski definition) is 2. The Morgan fingerprint density at radius 3 is 2.55 bits per heavy atom. The number of likely N-dealkylation sites (tertiary alicyclic amines) is 1. The standard InChI is InChI=1S/C14H19F3N4S/c15-14(16,17)11-4-5-12(19-10-11)20-13(22)18-6-9-21-7-2-1-3-8-21/h4-5,10H,1-3,6-9H2,(H2,18,19,20,22). The molecule has 0 unspecified atom stereocenters. The van der Waals surface area contributed by atoms with E-state index in [9.17, 15) is 13.2 Å². The zero-order chi connectivity index (χ0) is 16.0. The zero-order valence-electron chi connectivity index (χ0n) is 12.1. The fraction of sp³-hybridized carbons (Fsp3) is 0.571. The molecule has 1 aliphatic rings. The first-order valence-electron chi connectivity index (χ1n) is 7.25. The van der Waals surface area contributed by atoms with Gasteiger partial charge in [0.25, 0.3) is 0 Å². The Hall–Kier alpha value is -1.41. The number of anilines is 1. The summed E-state index contributed by atoms with van der Waals surface area (Å²) in [7, 11) is 0. The lowest BCUT2D eigenvalue weighted by Gasteiger charge is -2.26. The highest BCUT2D eigenvalue weighted by Crippen LogP contribution is 2.28. The highest BCUT2D eigenvalue weighted by atomic mass is 32.1. The van der Waals surface area contributed by atoms with E-state index in [2.05, 4.69) is 20.5 Å². The highest BCUT2D eigenvalue weighted by molar-refractivity contribution is 7.80. The van der Waals surface area contributed by atoms with Gasteiger partial charge in [0, 0.05) is 19.3 Å². The van der Waals surface area contributed by atoms with Crippen molar-refractivity contribution >= 4 is 23.1 Å². The molecule has 1 aromatic heterocycles. The minimum absolute atomic E-state index is 0.295. The van der Waals surface area contributed by atoms with Crippen molar-refractivity contribution in [2.75, 3.05) is 31.5 Å². The molecule has 2 N–H and O–H groups in total. The van der Waals surface area contributed by atoms with Crippen molar-refractivity contribution in [3.8, 4) is 0 Å². The normalized spacial score (nSPS) is 16.3. The van der Waals surface area contributed by atoms with Crippen molar-refractivity contribution in [1.82, 2.24) is 15.2 Å². The van der Waals surface area contributed by atoms with E-state index in [4.69, 9.17) is 12.2 Å². The van der Waals surface area contributed by atoms with Gasteiger partial charge in [-0.3, -0.25) is 0 Å². The lowest BCUT2D eigenvalue weighted by molar-refractivity contribution is -0.137. The molecule has 1 fully saturated rings. The summed E-state index contributed by atoms with van der Waals surface area (Å²) in [6, 6.07) is 2.24. The van der Waals surface area contributed by atoms with E-state index in [0.717, 1.165) is 31.9 Å². The number of thiocarbonyl (C=S) groups is 1. The van der Waals surface area contributed by atoms with E-state index >= 15 is 0 Å². The Morgan fingerprint density at radius 1 is 1.23 bits per heavy atom. The Kier molecular flexibility index (Phi) is 5.96. The van der Waals surface area contributed by atoms with Crippen molar-refractivity contribution in [1.29, 1.82) is 0 Å². The van der Waals surface area contributed by atoms with Crippen LogP contribution in [0.1, 0.15) is 24.8 Å². The minimum Gasteiger partial charge on any atom is -0.361 e. The fourth-order valence-electron chi connectivity index (χ4n) is 2.31. The van der Waals surface area contributed by atoms with Crippen molar-refractivity contribution in [2.24, 2.45) is 0 Å². The van der Waals surface area contributed by atoms with Crippen LogP contribution in [-0.4, -0.2) is 41.2 Å². The van der Waals surface area contributed by atoms with Gasteiger partial charge in [-0.2, -0.15) is 13.2 Å². The van der Waals surface area contributed by atoms with Crippen LogP contribution in [0.25, 0.3) is 0 Å². The summed E-state index contributed by atoms with van der Waals surface area (Å²) in [5.41, 5.74) is -0.776. The summed E-state index contributed by atoms with van der Waals surface area (Å²) < 4.78 is 37.3. The van der Waals surface area contributed by atoms with E-state index in [1.807, 2.05) is 0 Å². The van der Waals surface area contributed by atoms with Crippen LogP contribution >= 0.6 is 12.2 Å². The van der Waals surface area contributed by atoms with Gasteiger partial charge in [-0.1, -0.05) is 6.42 Å². The van der Waals surface area contributed by atoms with Crippen LogP contribution in [-0.2, 0) is 6.18 Å². The second-order valence-corrected chi connectivity index (χ2v) is 5.62. The Bertz CT molecular complexity index is 484. The third-order valence-electron chi connectivity index (χ3n) is 3.49. The third kappa shape index (κ3) is 5.42. The van der Waals surface area contributed by atoms with Crippen molar-refractivity contribution in [3.05, 3.63) is 23.9 Å². The molecule has 0 saturated carbocycles. The molecule has 8 heteroatoms. The number of piperidine rings is 1. The second-order valence-electron chi connectivity index (χ2n) is 5.21. The van der Waals surface area contributed by atoms with E-state index in [1.165, 1.54) is 25.3 Å². The number of alkyl halides is 3. The molecule has 2 rings (SSSR count). The van der Waals surface area contributed by atoms with Gasteiger partial charge in [-0.05, 0) is 50.3 Å². The van der Waals surface area contributed by atoms with Gasteiger partial charge in [0.2, 0.25) is 0 Å². The number of pyridine rings is 1. The Balaban J connectivity index is 1.72. The molecular weight excluding hydrogens is 313 g/mol. The first kappa shape index (κ1) is 17.0. The minimum atomic E-state index is -4.38. The van der Waals surface area contributed by atoms with E-state index in [1.54, 1.807) is 0 Å². The summed E-state index contributed by atoms with van der Waals surface area (Å²) in [6.07, 6.45) is 0.178. The number of rotatable bonds is 4. The van der Waals surface area contributed by atoms with Crippen LogP contribution in [0.5, 0.6) is 0 Å². The quantitative estimate of drug-likeness (QED) is 0.830. The Labute approximate surface area is 133 Å². The molecule has 0 amide bonds. The zero-order valence-corrected chi connectivity index (χ0v) is 12.9. The molecule has 0 aromatic carbocycles. The molecule has 0 aliphatic carbocycles. The summed E-state index contributed by atoms with van der Waals surface area (Å²) >= 11 is 5.11. The molecule has 1 aromatic rings. The number of nitrogens with one attached hydrogen (secondary N) is 2. The first-order valence-corrected chi connectivity index (χ1v) is 7.66. The van der Waals surface area contributed by atoms with E-state index < -0.39 is 11.7 Å². The van der Waals surface area contributed by atoms with Gasteiger partial charge >= 0.3 is 6.18 Å². The van der Waals surface area contributed by atoms with Crippen LogP contribution < -0.4 is 10.6 Å². The van der Waals surface area contributed by atoms with Gasteiger partial charge in [0.05, 0.1) is 5.56 Å². The molecule has 122 valence electrons. The maximum Gasteiger partial charge on any atom is 0.417 e. The maximum atomic E-state index is 12.4. The smallest absolute Gasteiger partial charge is 0.361 e. The lowest BCUT2D eigenvalue weighted by atomic mass is 10.1. The first-order chi connectivity index (χ1) is 10.4. The monoisotopic (exact) mass is 332 g/mol. The van der Waals surface area contributed by atoms with Crippen LogP contribution in [0.2, 0.25) is 0 Å². The van der Waals surface area contributed by atoms with Crippen molar-refractivity contribution in [2.45, 2.75) is 25.4 Å². The van der Waals surface area contributed by atoms with Gasteiger partial charge in [0.15, 0.2) is 5.11 Å². The van der Waals surface area contributed by atoms with Crippen molar-refractivity contribution in [3.63, 3.8) is 0 Å². The number of nitrogens with zero attached hydrogens (tertiary/aromatic N) is 2. The summed E-state index contributed by atoms with van der Waals surface area (Å²) in [5, 5.41) is 6.19. The molecule has 1 saturated heterocycles. The summed E-state index contributed by atoms with van der Waals surface area (Å²) in [5.74, 6) is 0.295. The molecule has 0 atom stereocenters.